The zero-order chi connectivity index (χ0) is 12.1. The lowest BCUT2D eigenvalue weighted by molar-refractivity contribution is 0.0979. The fourth-order valence-electron chi connectivity index (χ4n) is 1.72. The molecule has 0 bridgehead atoms. The molecule has 2 aromatic carbocycles. The Bertz CT molecular complexity index is 505. The topological polar surface area (TPSA) is 17.1 Å². The van der Waals surface area contributed by atoms with Crippen molar-refractivity contribution in [2.75, 3.05) is 0 Å². The number of carbonyl (C=O) groups excluding carboxylic acids is 1. The van der Waals surface area contributed by atoms with E-state index in [1.54, 1.807) is 12.1 Å². The second-order valence-corrected chi connectivity index (χ2v) is 3.89. The first kappa shape index (κ1) is 11.5. The van der Waals surface area contributed by atoms with Gasteiger partial charge in [0.1, 0.15) is 5.82 Å². The van der Waals surface area contributed by atoms with Crippen LogP contribution in [0.3, 0.4) is 0 Å². The quantitative estimate of drug-likeness (QED) is 0.730. The van der Waals surface area contributed by atoms with Crippen molar-refractivity contribution in [1.82, 2.24) is 0 Å². The number of halogens is 1. The predicted molar refractivity (Wildman–Crippen MR) is 65.5 cm³/mol. The standard InChI is InChI=1S/C15H13FO/c16-14-9-5-4-8-13(14)15(17)11-10-12-6-2-1-3-7-12/h1-9H,10-11H2. The van der Waals surface area contributed by atoms with Crippen LogP contribution in [0.25, 0.3) is 0 Å². The summed E-state index contributed by atoms with van der Waals surface area (Å²) in [4.78, 5) is 11.8. The summed E-state index contributed by atoms with van der Waals surface area (Å²) in [6.07, 6.45) is 0.985. The monoisotopic (exact) mass is 228 g/mol. The van der Waals surface area contributed by atoms with Crippen molar-refractivity contribution < 1.29 is 9.18 Å². The highest BCUT2D eigenvalue weighted by molar-refractivity contribution is 5.96. The number of hydrogen-bond acceptors (Lipinski definition) is 1. The lowest BCUT2D eigenvalue weighted by Gasteiger charge is -2.02. The summed E-state index contributed by atoms with van der Waals surface area (Å²) < 4.78 is 13.3. The molecule has 0 saturated carbocycles. The molecule has 0 atom stereocenters. The van der Waals surface area contributed by atoms with Crippen LogP contribution in [0.2, 0.25) is 0 Å². The SMILES string of the molecule is O=C(CCc1ccccc1)c1ccccc1F. The first-order valence-corrected chi connectivity index (χ1v) is 5.59. The van der Waals surface area contributed by atoms with Gasteiger partial charge in [0.15, 0.2) is 5.78 Å². The highest BCUT2D eigenvalue weighted by Gasteiger charge is 2.10. The number of benzene rings is 2. The van der Waals surface area contributed by atoms with Crippen LogP contribution in [0, 0.1) is 5.82 Å². The molecule has 2 heteroatoms. The molecule has 0 spiro atoms. The zero-order valence-corrected chi connectivity index (χ0v) is 9.40. The summed E-state index contributed by atoms with van der Waals surface area (Å²) in [6, 6.07) is 15.8. The minimum Gasteiger partial charge on any atom is -0.294 e. The molecular formula is C15H13FO. The van der Waals surface area contributed by atoms with E-state index in [0.29, 0.717) is 12.8 Å². The van der Waals surface area contributed by atoms with Crippen LogP contribution in [-0.2, 0) is 6.42 Å². The Balaban J connectivity index is 2.01. The molecule has 0 aliphatic carbocycles. The highest BCUT2D eigenvalue weighted by Crippen LogP contribution is 2.11. The normalized spacial score (nSPS) is 10.2. The summed E-state index contributed by atoms with van der Waals surface area (Å²) in [6.45, 7) is 0. The second-order valence-electron chi connectivity index (χ2n) is 3.89. The minimum atomic E-state index is -0.439. The van der Waals surface area contributed by atoms with Gasteiger partial charge in [-0.25, -0.2) is 4.39 Å². The maximum atomic E-state index is 13.3. The Morgan fingerprint density at radius 1 is 0.941 bits per heavy atom. The van der Waals surface area contributed by atoms with Crippen LogP contribution in [0.1, 0.15) is 22.3 Å². The molecule has 2 aromatic rings. The molecule has 1 nitrogen and oxygen atoms in total. The van der Waals surface area contributed by atoms with E-state index in [1.165, 1.54) is 12.1 Å². The van der Waals surface area contributed by atoms with Crippen LogP contribution in [0.15, 0.2) is 54.6 Å². The van der Waals surface area contributed by atoms with Crippen LogP contribution >= 0.6 is 0 Å². The van der Waals surface area contributed by atoms with E-state index >= 15 is 0 Å². The van der Waals surface area contributed by atoms with E-state index in [0.717, 1.165) is 5.56 Å². The molecule has 0 amide bonds. The third-order valence-electron chi connectivity index (χ3n) is 2.66. The van der Waals surface area contributed by atoms with Gasteiger partial charge in [-0.1, -0.05) is 42.5 Å². The lowest BCUT2D eigenvalue weighted by Crippen LogP contribution is -2.03. The minimum absolute atomic E-state index is 0.146. The fourth-order valence-corrected chi connectivity index (χ4v) is 1.72. The van der Waals surface area contributed by atoms with Gasteiger partial charge < -0.3 is 0 Å². The van der Waals surface area contributed by atoms with Crippen molar-refractivity contribution in [2.24, 2.45) is 0 Å². The maximum Gasteiger partial charge on any atom is 0.166 e. The molecule has 0 aliphatic rings. The summed E-state index contributed by atoms with van der Waals surface area (Å²) >= 11 is 0. The number of aryl methyl sites for hydroxylation is 1. The van der Waals surface area contributed by atoms with E-state index in [9.17, 15) is 9.18 Å². The first-order chi connectivity index (χ1) is 8.27. The van der Waals surface area contributed by atoms with E-state index in [4.69, 9.17) is 0 Å². The Morgan fingerprint density at radius 3 is 2.29 bits per heavy atom. The average molecular weight is 228 g/mol. The third-order valence-corrected chi connectivity index (χ3v) is 2.66. The summed E-state index contributed by atoms with van der Waals surface area (Å²) in [5, 5.41) is 0. The zero-order valence-electron chi connectivity index (χ0n) is 9.40. The van der Waals surface area contributed by atoms with Gasteiger partial charge in [0.2, 0.25) is 0 Å². The Morgan fingerprint density at radius 2 is 1.59 bits per heavy atom. The van der Waals surface area contributed by atoms with Crippen molar-refractivity contribution in [3.63, 3.8) is 0 Å². The molecule has 0 aromatic heterocycles. The number of carbonyl (C=O) groups is 1. The number of hydrogen-bond donors (Lipinski definition) is 0. The highest BCUT2D eigenvalue weighted by atomic mass is 19.1. The Labute approximate surface area is 99.9 Å². The van der Waals surface area contributed by atoms with E-state index in [2.05, 4.69) is 0 Å². The summed E-state index contributed by atoms with van der Waals surface area (Å²) in [5.74, 6) is -0.586. The lowest BCUT2D eigenvalue weighted by atomic mass is 10.0. The molecule has 0 heterocycles. The Hall–Kier alpha value is -1.96. The average Bonchev–Trinajstić information content (AvgIpc) is 2.38. The van der Waals surface area contributed by atoms with Crippen LogP contribution < -0.4 is 0 Å². The number of Topliss-reactive ketones (excluding diaryl/α,β-unsaturated/α-hetero) is 1. The van der Waals surface area contributed by atoms with Crippen molar-refractivity contribution in [1.29, 1.82) is 0 Å². The van der Waals surface area contributed by atoms with Crippen molar-refractivity contribution in [2.45, 2.75) is 12.8 Å². The molecule has 0 N–H and O–H groups in total. The molecule has 0 saturated heterocycles. The largest absolute Gasteiger partial charge is 0.294 e. The number of ketones is 1. The number of rotatable bonds is 4. The summed E-state index contributed by atoms with van der Waals surface area (Å²) in [7, 11) is 0. The van der Waals surface area contributed by atoms with Crippen molar-refractivity contribution in [3.8, 4) is 0 Å². The summed E-state index contributed by atoms with van der Waals surface area (Å²) in [5.41, 5.74) is 1.28. The van der Waals surface area contributed by atoms with E-state index in [-0.39, 0.29) is 11.3 Å². The first-order valence-electron chi connectivity index (χ1n) is 5.59. The molecule has 0 aliphatic heterocycles. The van der Waals surface area contributed by atoms with Gasteiger partial charge in [-0.15, -0.1) is 0 Å². The van der Waals surface area contributed by atoms with Crippen LogP contribution in [0.4, 0.5) is 4.39 Å². The molecule has 0 radical (unpaired) electrons. The third kappa shape index (κ3) is 3.00. The molecule has 86 valence electrons. The van der Waals surface area contributed by atoms with E-state index < -0.39 is 5.82 Å². The van der Waals surface area contributed by atoms with Gasteiger partial charge in [-0.05, 0) is 24.1 Å². The molecule has 17 heavy (non-hydrogen) atoms. The van der Waals surface area contributed by atoms with Gasteiger partial charge in [0, 0.05) is 6.42 Å². The molecule has 2 rings (SSSR count). The van der Waals surface area contributed by atoms with Gasteiger partial charge in [-0.2, -0.15) is 0 Å². The fraction of sp³-hybridized carbons (Fsp3) is 0.133. The molecule has 0 fully saturated rings. The van der Waals surface area contributed by atoms with Crippen molar-refractivity contribution >= 4 is 5.78 Å². The van der Waals surface area contributed by atoms with Crippen molar-refractivity contribution in [3.05, 3.63) is 71.5 Å². The van der Waals surface area contributed by atoms with E-state index in [1.807, 2.05) is 30.3 Å². The maximum absolute atomic E-state index is 13.3. The predicted octanol–water partition coefficient (Wildman–Crippen LogP) is 3.64. The molecular weight excluding hydrogens is 215 g/mol. The smallest absolute Gasteiger partial charge is 0.166 e. The van der Waals surface area contributed by atoms with Gasteiger partial charge in [0.25, 0.3) is 0 Å². The van der Waals surface area contributed by atoms with Gasteiger partial charge in [0.05, 0.1) is 5.56 Å². The van der Waals surface area contributed by atoms with Gasteiger partial charge in [-0.3, -0.25) is 4.79 Å². The van der Waals surface area contributed by atoms with Crippen LogP contribution in [-0.4, -0.2) is 5.78 Å². The van der Waals surface area contributed by atoms with Crippen LogP contribution in [0.5, 0.6) is 0 Å². The molecule has 0 unspecified atom stereocenters. The van der Waals surface area contributed by atoms with Gasteiger partial charge >= 0.3 is 0 Å². The second kappa shape index (κ2) is 5.39. The Kier molecular flexibility index (Phi) is 3.66.